The zero-order valence-corrected chi connectivity index (χ0v) is 29.1. The average Bonchev–Trinajstić information content (AvgIpc) is 3.79. The Bertz CT molecular complexity index is 1890. The summed E-state index contributed by atoms with van der Waals surface area (Å²) in [6.45, 7) is 5.80. The summed E-state index contributed by atoms with van der Waals surface area (Å²) < 4.78 is 0. The number of amides is 4. The van der Waals surface area contributed by atoms with Crippen LogP contribution in [-0.2, 0) is 0 Å². The Hall–Kier alpha value is -4.88. The highest BCUT2D eigenvalue weighted by atomic mass is 16.3. The van der Waals surface area contributed by atoms with Crippen LogP contribution in [-0.4, -0.2) is 121 Å². The first-order chi connectivity index (χ1) is 25.3. The number of β-amino-alcohol motifs (C(OH)–C–C–N with tert-alkyl or cyclic N) is 2. The molecule has 4 heterocycles. The number of aliphatic hydroxyl groups excluding tert-OH is 2. The molecule has 4 aliphatic heterocycles. The number of hydrogen-bond donors (Lipinski definition) is 4. The molecule has 52 heavy (non-hydrogen) atoms. The minimum absolute atomic E-state index is 0.276. The lowest BCUT2D eigenvalue weighted by Gasteiger charge is -2.29. The molecule has 4 aromatic rings. The third-order valence-electron chi connectivity index (χ3n) is 10.9. The predicted molar refractivity (Wildman–Crippen MR) is 199 cm³/mol. The number of nitrogens with one attached hydrogen (secondary N) is 2. The molecule has 0 aromatic heterocycles. The third-order valence-corrected chi connectivity index (χ3v) is 10.9. The van der Waals surface area contributed by atoms with Gasteiger partial charge in [-0.2, -0.15) is 0 Å². The van der Waals surface area contributed by atoms with Gasteiger partial charge >= 0.3 is 0 Å². The van der Waals surface area contributed by atoms with Crippen LogP contribution in [0.4, 0.5) is 11.4 Å². The molecule has 12 heteroatoms. The standard InChI is InChI=1S/C40H44N6O6/c47-25-13-21-43(23-25)33-11-9-31-35-27(33)5-1-7-29(35)37(49)45(39(31)51)19-3-15-41-17-18-42-16-4-20-46-38(50)30-8-2-6-28-34(44-22-14-26(48)24-44)12-10-32(36(28)30)40(46)52/h1-2,5-12,25-26,41-42,47-48H,3-4,13-24H2/t25-,26-/m1/s1. The SMILES string of the molecule is O=C1c2cccc3c(N4CC[C@@H](O)C4)ccc(c23)C(=O)N1CCCNCCNCCCN1C(=O)c2cccc3c(N4CC[C@@H](O)C4)ccc(c23)C1=O. The van der Waals surface area contributed by atoms with E-state index in [9.17, 15) is 29.4 Å². The van der Waals surface area contributed by atoms with Crippen LogP contribution in [0.2, 0.25) is 0 Å². The van der Waals surface area contributed by atoms with Gasteiger partial charge in [-0.05, 0) is 75.2 Å². The second-order valence-electron chi connectivity index (χ2n) is 14.2. The summed E-state index contributed by atoms with van der Waals surface area (Å²) in [6.07, 6.45) is 1.87. The fraction of sp³-hybridized carbons (Fsp3) is 0.400. The van der Waals surface area contributed by atoms with Crippen molar-refractivity contribution in [3.8, 4) is 0 Å². The number of benzene rings is 4. The number of carbonyl (C=O) groups excluding carboxylic acids is 4. The summed E-state index contributed by atoms with van der Waals surface area (Å²) in [5.41, 5.74) is 4.02. The average molecular weight is 705 g/mol. The Labute approximate surface area is 302 Å². The van der Waals surface area contributed by atoms with E-state index in [-0.39, 0.29) is 35.8 Å². The first-order valence-electron chi connectivity index (χ1n) is 18.4. The molecular weight excluding hydrogens is 660 g/mol. The van der Waals surface area contributed by atoms with E-state index in [1.165, 1.54) is 9.80 Å². The minimum atomic E-state index is -0.374. The van der Waals surface area contributed by atoms with Gasteiger partial charge in [-0.3, -0.25) is 29.0 Å². The summed E-state index contributed by atoms with van der Waals surface area (Å²) in [5.74, 6) is -1.10. The highest BCUT2D eigenvalue weighted by Crippen LogP contribution is 2.38. The maximum atomic E-state index is 13.5. The molecule has 0 aliphatic carbocycles. The van der Waals surface area contributed by atoms with Gasteiger partial charge in [0.05, 0.1) is 12.2 Å². The van der Waals surface area contributed by atoms with E-state index in [0.717, 1.165) is 35.2 Å². The van der Waals surface area contributed by atoms with E-state index in [4.69, 9.17) is 0 Å². The van der Waals surface area contributed by atoms with Crippen LogP contribution in [0.5, 0.6) is 0 Å². The Morgan fingerprint density at radius 1 is 0.538 bits per heavy atom. The van der Waals surface area contributed by atoms with Crippen LogP contribution >= 0.6 is 0 Å². The molecule has 4 aromatic carbocycles. The zero-order chi connectivity index (χ0) is 35.9. The summed E-state index contributed by atoms with van der Waals surface area (Å²) in [4.78, 5) is 60.8. The smallest absolute Gasteiger partial charge is 0.261 e. The molecule has 270 valence electrons. The molecule has 12 nitrogen and oxygen atoms in total. The Morgan fingerprint density at radius 2 is 0.942 bits per heavy atom. The molecule has 2 saturated heterocycles. The van der Waals surface area contributed by atoms with E-state index in [1.807, 2.05) is 48.5 Å². The molecule has 0 radical (unpaired) electrons. The maximum Gasteiger partial charge on any atom is 0.261 e. The topological polar surface area (TPSA) is 146 Å². The number of imide groups is 2. The fourth-order valence-electron chi connectivity index (χ4n) is 8.29. The summed E-state index contributed by atoms with van der Waals surface area (Å²) in [5, 5.41) is 30.0. The van der Waals surface area contributed by atoms with Crippen molar-refractivity contribution in [1.82, 2.24) is 20.4 Å². The molecular formula is C40H44N6O6. The second kappa shape index (κ2) is 14.3. The highest BCUT2D eigenvalue weighted by molar-refractivity contribution is 6.28. The Kier molecular flexibility index (Phi) is 9.39. The lowest BCUT2D eigenvalue weighted by atomic mass is 9.92. The lowest BCUT2D eigenvalue weighted by Crippen LogP contribution is -2.42. The molecule has 8 rings (SSSR count). The zero-order valence-electron chi connectivity index (χ0n) is 29.1. The Morgan fingerprint density at radius 3 is 1.33 bits per heavy atom. The highest BCUT2D eigenvalue weighted by Gasteiger charge is 2.35. The fourth-order valence-corrected chi connectivity index (χ4v) is 8.29. The monoisotopic (exact) mass is 704 g/mol. The van der Waals surface area contributed by atoms with Crippen LogP contribution in [0.15, 0.2) is 60.7 Å². The molecule has 0 spiro atoms. The van der Waals surface area contributed by atoms with Crippen LogP contribution in [0.1, 0.15) is 67.1 Å². The van der Waals surface area contributed by atoms with E-state index in [1.54, 1.807) is 12.1 Å². The predicted octanol–water partition coefficient (Wildman–Crippen LogP) is 2.99. The molecule has 2 fully saturated rings. The first-order valence-corrected chi connectivity index (χ1v) is 18.4. The van der Waals surface area contributed by atoms with Crippen molar-refractivity contribution in [3.63, 3.8) is 0 Å². The number of nitrogens with zero attached hydrogens (tertiary/aromatic N) is 4. The van der Waals surface area contributed by atoms with Crippen molar-refractivity contribution < 1.29 is 29.4 Å². The maximum absolute atomic E-state index is 13.5. The third kappa shape index (κ3) is 6.09. The summed E-state index contributed by atoms with van der Waals surface area (Å²) in [6, 6.07) is 18.7. The molecule has 2 atom stereocenters. The minimum Gasteiger partial charge on any atom is -0.391 e. The van der Waals surface area contributed by atoms with Gasteiger partial charge in [0.15, 0.2) is 0 Å². The molecule has 4 aliphatic rings. The second-order valence-corrected chi connectivity index (χ2v) is 14.2. The van der Waals surface area contributed by atoms with Crippen molar-refractivity contribution in [2.75, 3.05) is 75.2 Å². The largest absolute Gasteiger partial charge is 0.391 e. The van der Waals surface area contributed by atoms with E-state index in [0.29, 0.717) is 111 Å². The first kappa shape index (κ1) is 34.2. The number of carbonyl (C=O) groups is 4. The molecule has 4 amide bonds. The van der Waals surface area contributed by atoms with E-state index in [2.05, 4.69) is 20.4 Å². The van der Waals surface area contributed by atoms with Gasteiger partial charge in [0, 0.05) is 108 Å². The van der Waals surface area contributed by atoms with Crippen molar-refractivity contribution in [2.24, 2.45) is 0 Å². The van der Waals surface area contributed by atoms with Crippen LogP contribution < -0.4 is 20.4 Å². The van der Waals surface area contributed by atoms with E-state index < -0.39 is 0 Å². The van der Waals surface area contributed by atoms with Crippen molar-refractivity contribution >= 4 is 56.5 Å². The van der Waals surface area contributed by atoms with Crippen LogP contribution in [0.25, 0.3) is 21.5 Å². The Balaban J connectivity index is 0.781. The molecule has 0 saturated carbocycles. The van der Waals surface area contributed by atoms with Gasteiger partial charge in [0.2, 0.25) is 0 Å². The number of hydrogen-bond acceptors (Lipinski definition) is 10. The molecule has 0 bridgehead atoms. The number of rotatable bonds is 13. The van der Waals surface area contributed by atoms with Crippen LogP contribution in [0, 0.1) is 0 Å². The van der Waals surface area contributed by atoms with E-state index >= 15 is 0 Å². The number of aliphatic hydroxyl groups is 2. The van der Waals surface area contributed by atoms with Gasteiger partial charge in [-0.25, -0.2) is 0 Å². The van der Waals surface area contributed by atoms with Gasteiger partial charge in [0.1, 0.15) is 0 Å². The van der Waals surface area contributed by atoms with Crippen LogP contribution in [0.3, 0.4) is 0 Å². The van der Waals surface area contributed by atoms with Gasteiger partial charge in [-0.1, -0.05) is 24.3 Å². The van der Waals surface area contributed by atoms with Crippen molar-refractivity contribution in [3.05, 3.63) is 82.9 Å². The van der Waals surface area contributed by atoms with Crippen molar-refractivity contribution in [2.45, 2.75) is 37.9 Å². The normalized spacial score (nSPS) is 20.0. The van der Waals surface area contributed by atoms with Gasteiger partial charge in [-0.15, -0.1) is 0 Å². The summed E-state index contributed by atoms with van der Waals surface area (Å²) >= 11 is 0. The molecule has 4 N–H and O–H groups in total. The van der Waals surface area contributed by atoms with Gasteiger partial charge < -0.3 is 30.6 Å². The number of anilines is 2. The van der Waals surface area contributed by atoms with Gasteiger partial charge in [0.25, 0.3) is 23.6 Å². The quantitative estimate of drug-likeness (QED) is 0.121. The summed E-state index contributed by atoms with van der Waals surface area (Å²) in [7, 11) is 0. The van der Waals surface area contributed by atoms with Crippen molar-refractivity contribution in [1.29, 1.82) is 0 Å². The lowest BCUT2D eigenvalue weighted by molar-refractivity contribution is 0.0593. The molecule has 0 unspecified atom stereocenters.